The van der Waals surface area contributed by atoms with E-state index in [0.29, 0.717) is 18.7 Å². The molecule has 5 rings (SSSR count). The van der Waals surface area contributed by atoms with Gasteiger partial charge < -0.3 is 5.32 Å². The number of amides is 3. The number of nitrogens with zero attached hydrogens (tertiary/aromatic N) is 1. The number of rotatable bonds is 4. The largest absolute Gasteiger partial charge is 0.324 e. The van der Waals surface area contributed by atoms with E-state index in [1.807, 2.05) is 68.4 Å². The van der Waals surface area contributed by atoms with Gasteiger partial charge in [-0.05, 0) is 24.0 Å². The summed E-state index contributed by atoms with van der Waals surface area (Å²) in [6.45, 7) is 4.38. The maximum atomic E-state index is 13.6. The van der Waals surface area contributed by atoms with Crippen LogP contribution in [-0.2, 0) is 26.3 Å². The number of benzene rings is 2. The fourth-order valence-corrected chi connectivity index (χ4v) is 5.43. The average Bonchev–Trinajstić information content (AvgIpc) is 3.33. The predicted octanol–water partition coefficient (Wildman–Crippen LogP) is 2.31. The van der Waals surface area contributed by atoms with Gasteiger partial charge in [0.15, 0.2) is 0 Å². The van der Waals surface area contributed by atoms with E-state index in [2.05, 4.69) is 10.6 Å². The van der Waals surface area contributed by atoms with Gasteiger partial charge in [0.05, 0.1) is 11.8 Å². The quantitative estimate of drug-likeness (QED) is 0.768. The molecule has 6 heteroatoms. The maximum Gasteiger partial charge on any atom is 0.250 e. The molecule has 0 aromatic heterocycles. The van der Waals surface area contributed by atoms with Crippen molar-refractivity contribution in [2.24, 2.45) is 17.8 Å². The van der Waals surface area contributed by atoms with Crippen LogP contribution in [0.5, 0.6) is 0 Å². The Morgan fingerprint density at radius 2 is 1.67 bits per heavy atom. The van der Waals surface area contributed by atoms with Crippen LogP contribution in [0.4, 0.5) is 5.69 Å². The lowest BCUT2D eigenvalue weighted by atomic mass is 9.76. The molecule has 2 aromatic carbocycles. The summed E-state index contributed by atoms with van der Waals surface area (Å²) in [5.74, 6) is -1.82. The van der Waals surface area contributed by atoms with Crippen LogP contribution in [0.15, 0.2) is 54.6 Å². The van der Waals surface area contributed by atoms with Gasteiger partial charge in [0.2, 0.25) is 17.7 Å². The number of anilines is 1. The van der Waals surface area contributed by atoms with Crippen LogP contribution in [0, 0.1) is 17.8 Å². The summed E-state index contributed by atoms with van der Waals surface area (Å²) in [4.78, 5) is 41.6. The SMILES string of the molecule is CC(C)[C@H]1N[C@]2(C(=O)Nc3ccccc32)[C@@H]2C(=O)N(CCc3ccccc3)C(=O)[C@H]12. The fourth-order valence-electron chi connectivity index (χ4n) is 5.43. The molecule has 30 heavy (non-hydrogen) atoms. The van der Waals surface area contributed by atoms with Crippen molar-refractivity contribution in [3.63, 3.8) is 0 Å². The normalized spacial score (nSPS) is 29.6. The third-order valence-corrected chi connectivity index (χ3v) is 6.83. The molecule has 4 atom stereocenters. The molecule has 2 fully saturated rings. The molecule has 0 radical (unpaired) electrons. The number of carbonyl (C=O) groups is 3. The molecule has 3 heterocycles. The fraction of sp³-hybridized carbons (Fsp3) is 0.375. The van der Waals surface area contributed by atoms with Gasteiger partial charge in [-0.2, -0.15) is 0 Å². The first-order valence-electron chi connectivity index (χ1n) is 10.5. The monoisotopic (exact) mass is 403 g/mol. The Morgan fingerprint density at radius 3 is 2.40 bits per heavy atom. The Labute approximate surface area is 175 Å². The summed E-state index contributed by atoms with van der Waals surface area (Å²) in [6.07, 6.45) is 0.604. The summed E-state index contributed by atoms with van der Waals surface area (Å²) in [7, 11) is 0. The summed E-state index contributed by atoms with van der Waals surface area (Å²) in [5.41, 5.74) is 1.36. The van der Waals surface area contributed by atoms with Gasteiger partial charge in [-0.1, -0.05) is 62.4 Å². The summed E-state index contributed by atoms with van der Waals surface area (Å²) in [6, 6.07) is 17.0. The summed E-state index contributed by atoms with van der Waals surface area (Å²) < 4.78 is 0. The van der Waals surface area contributed by atoms with Gasteiger partial charge in [0.25, 0.3) is 0 Å². The molecular formula is C24H25N3O3. The molecule has 0 aliphatic carbocycles. The molecule has 6 nitrogen and oxygen atoms in total. The lowest BCUT2D eigenvalue weighted by Crippen LogP contribution is -2.54. The third kappa shape index (κ3) is 2.50. The van der Waals surface area contributed by atoms with E-state index in [1.54, 1.807) is 0 Å². The topological polar surface area (TPSA) is 78.5 Å². The highest BCUT2D eigenvalue weighted by Gasteiger charge is 2.70. The molecule has 2 saturated heterocycles. The van der Waals surface area contributed by atoms with Crippen molar-refractivity contribution in [3.05, 3.63) is 65.7 Å². The Balaban J connectivity index is 1.54. The van der Waals surface area contributed by atoms with Crippen LogP contribution in [-0.4, -0.2) is 35.2 Å². The molecule has 3 aliphatic heterocycles. The molecule has 2 N–H and O–H groups in total. The third-order valence-electron chi connectivity index (χ3n) is 6.83. The second-order valence-electron chi connectivity index (χ2n) is 8.79. The highest BCUT2D eigenvalue weighted by Crippen LogP contribution is 2.53. The lowest BCUT2D eigenvalue weighted by Gasteiger charge is -2.30. The first kappa shape index (κ1) is 19.0. The minimum atomic E-state index is -1.19. The zero-order chi connectivity index (χ0) is 21.0. The van der Waals surface area contributed by atoms with E-state index >= 15 is 0 Å². The molecule has 0 bridgehead atoms. The van der Waals surface area contributed by atoms with Gasteiger partial charge in [0, 0.05) is 23.8 Å². The second-order valence-corrected chi connectivity index (χ2v) is 8.79. The van der Waals surface area contributed by atoms with Crippen LogP contribution in [0.2, 0.25) is 0 Å². The Bertz CT molecular complexity index is 1040. The highest BCUT2D eigenvalue weighted by atomic mass is 16.2. The van der Waals surface area contributed by atoms with E-state index in [4.69, 9.17) is 0 Å². The number of nitrogens with one attached hydrogen (secondary N) is 2. The Hall–Kier alpha value is -2.99. The van der Waals surface area contributed by atoms with E-state index < -0.39 is 17.4 Å². The van der Waals surface area contributed by atoms with Crippen molar-refractivity contribution in [3.8, 4) is 0 Å². The zero-order valence-electron chi connectivity index (χ0n) is 17.1. The summed E-state index contributed by atoms with van der Waals surface area (Å²) >= 11 is 0. The predicted molar refractivity (Wildman–Crippen MR) is 112 cm³/mol. The molecule has 1 spiro atoms. The number of imide groups is 1. The number of fused-ring (bicyclic) bond motifs is 4. The van der Waals surface area contributed by atoms with E-state index in [9.17, 15) is 14.4 Å². The molecule has 154 valence electrons. The number of para-hydroxylation sites is 1. The first-order valence-corrected chi connectivity index (χ1v) is 10.5. The highest BCUT2D eigenvalue weighted by molar-refractivity contribution is 6.15. The molecule has 0 saturated carbocycles. The van der Waals surface area contributed by atoms with Gasteiger partial charge in [-0.25, -0.2) is 0 Å². The van der Waals surface area contributed by atoms with Crippen molar-refractivity contribution in [2.45, 2.75) is 31.8 Å². The van der Waals surface area contributed by atoms with Crippen LogP contribution < -0.4 is 10.6 Å². The van der Waals surface area contributed by atoms with Crippen molar-refractivity contribution < 1.29 is 14.4 Å². The van der Waals surface area contributed by atoms with Crippen LogP contribution in [0.25, 0.3) is 0 Å². The molecular weight excluding hydrogens is 378 g/mol. The van der Waals surface area contributed by atoms with Crippen molar-refractivity contribution >= 4 is 23.4 Å². The standard InChI is InChI=1S/C24H25N3O3/c1-14(2)20-18-19(24(26-20)16-10-6-7-11-17(16)25-23(24)30)22(29)27(21(18)28)13-12-15-8-4-3-5-9-15/h3-11,14,18-20,26H,12-13H2,1-2H3,(H,25,30)/t18-,19-,20+,24-/m0/s1. The number of hydrogen-bond acceptors (Lipinski definition) is 4. The van der Waals surface area contributed by atoms with Crippen LogP contribution in [0.3, 0.4) is 0 Å². The van der Waals surface area contributed by atoms with Gasteiger partial charge >= 0.3 is 0 Å². The molecule has 0 unspecified atom stereocenters. The van der Waals surface area contributed by atoms with E-state index in [1.165, 1.54) is 4.90 Å². The van der Waals surface area contributed by atoms with Gasteiger partial charge in [-0.3, -0.25) is 24.6 Å². The molecule has 3 aliphatic rings. The zero-order valence-corrected chi connectivity index (χ0v) is 17.1. The first-order chi connectivity index (χ1) is 14.4. The van der Waals surface area contributed by atoms with Crippen LogP contribution >= 0.6 is 0 Å². The van der Waals surface area contributed by atoms with Crippen molar-refractivity contribution in [2.75, 3.05) is 11.9 Å². The number of hydrogen-bond donors (Lipinski definition) is 2. The van der Waals surface area contributed by atoms with Gasteiger partial charge in [-0.15, -0.1) is 0 Å². The van der Waals surface area contributed by atoms with E-state index in [0.717, 1.165) is 11.1 Å². The Kier molecular flexibility index (Phi) is 4.29. The Morgan fingerprint density at radius 1 is 0.967 bits per heavy atom. The van der Waals surface area contributed by atoms with E-state index in [-0.39, 0.29) is 29.7 Å². The van der Waals surface area contributed by atoms with Crippen molar-refractivity contribution in [1.29, 1.82) is 0 Å². The molecule has 2 aromatic rings. The lowest BCUT2D eigenvalue weighted by molar-refractivity contribution is -0.142. The number of likely N-dealkylation sites (tertiary alicyclic amines) is 1. The average molecular weight is 403 g/mol. The maximum absolute atomic E-state index is 13.6. The molecule has 3 amide bonds. The van der Waals surface area contributed by atoms with Crippen LogP contribution in [0.1, 0.15) is 25.0 Å². The minimum absolute atomic E-state index is 0.100. The number of carbonyl (C=O) groups excluding carboxylic acids is 3. The van der Waals surface area contributed by atoms with Crippen molar-refractivity contribution in [1.82, 2.24) is 10.2 Å². The summed E-state index contributed by atoms with van der Waals surface area (Å²) in [5, 5.41) is 6.38. The second kappa shape index (κ2) is 6.77. The smallest absolute Gasteiger partial charge is 0.250 e. The van der Waals surface area contributed by atoms with Gasteiger partial charge in [0.1, 0.15) is 5.54 Å². The minimum Gasteiger partial charge on any atom is -0.324 e.